The Balaban J connectivity index is 1.24. The zero-order valence-electron chi connectivity index (χ0n) is 32.0. The number of H-pyrrole nitrogens is 1. The van der Waals surface area contributed by atoms with E-state index in [1.165, 1.54) is 11.0 Å². The Hall–Kier alpha value is -5.71. The number of phenolic OH excluding ortho intramolecular Hbond substituents is 1. The number of aromatic nitrogens is 3. The lowest BCUT2D eigenvalue weighted by molar-refractivity contribution is -0.125. The van der Waals surface area contributed by atoms with E-state index in [4.69, 9.17) is 10.7 Å². The first-order valence-electron chi connectivity index (χ1n) is 20.2. The molecule has 294 valence electrons. The van der Waals surface area contributed by atoms with Gasteiger partial charge in [0.2, 0.25) is 5.91 Å². The second-order valence-corrected chi connectivity index (χ2v) is 16.0. The van der Waals surface area contributed by atoms with E-state index in [-0.39, 0.29) is 29.7 Å². The van der Waals surface area contributed by atoms with Gasteiger partial charge >= 0.3 is 0 Å². The smallest absolute Gasteiger partial charge is 0.271 e. The number of imidazole rings is 1. The number of aliphatic hydroxyl groups is 2. The van der Waals surface area contributed by atoms with Gasteiger partial charge in [0.1, 0.15) is 29.1 Å². The van der Waals surface area contributed by atoms with Gasteiger partial charge in [0, 0.05) is 23.5 Å². The molecule has 0 saturated heterocycles. The lowest BCUT2D eigenvalue weighted by Crippen LogP contribution is -2.60. The van der Waals surface area contributed by atoms with Crippen LogP contribution < -0.4 is 5.73 Å². The number of nitrogens with two attached hydrogens (primary N) is 1. The molecule has 0 bridgehead atoms. The van der Waals surface area contributed by atoms with E-state index < -0.39 is 41.6 Å². The van der Waals surface area contributed by atoms with Crippen LogP contribution in [0.2, 0.25) is 0 Å². The van der Waals surface area contributed by atoms with E-state index >= 15 is 4.79 Å². The third-order valence-corrected chi connectivity index (χ3v) is 12.2. The number of benzene rings is 4. The molecule has 2 aromatic heterocycles. The highest BCUT2D eigenvalue weighted by molar-refractivity contribution is 6.00. The van der Waals surface area contributed by atoms with Gasteiger partial charge in [-0.1, -0.05) is 123 Å². The molecule has 2 heterocycles. The quantitative estimate of drug-likeness (QED) is 0.0715. The summed E-state index contributed by atoms with van der Waals surface area (Å²) in [5, 5.41) is 34.4. The number of aromatic hydroxyl groups is 1. The first-order valence-corrected chi connectivity index (χ1v) is 20.2. The summed E-state index contributed by atoms with van der Waals surface area (Å²) in [7, 11) is 0. The Bertz CT molecular complexity index is 2180. The number of carbonyl (C=O) groups is 2. The van der Waals surface area contributed by atoms with Crippen molar-refractivity contribution >= 4 is 22.7 Å². The second kappa shape index (κ2) is 16.4. The molecule has 2 saturated carbocycles. The number of aromatic amines is 1. The van der Waals surface area contributed by atoms with E-state index in [0.717, 1.165) is 61.6 Å². The fourth-order valence-corrected chi connectivity index (χ4v) is 9.20. The predicted molar refractivity (Wildman–Crippen MR) is 219 cm³/mol. The van der Waals surface area contributed by atoms with Crippen LogP contribution in [0.25, 0.3) is 10.9 Å². The van der Waals surface area contributed by atoms with E-state index in [0.29, 0.717) is 23.0 Å². The Morgan fingerprint density at radius 3 is 1.98 bits per heavy atom. The summed E-state index contributed by atoms with van der Waals surface area (Å²) in [5.41, 5.74) is 9.83. The van der Waals surface area contributed by atoms with Crippen molar-refractivity contribution < 1.29 is 24.9 Å². The van der Waals surface area contributed by atoms with Gasteiger partial charge in [0.25, 0.3) is 5.91 Å². The van der Waals surface area contributed by atoms with Crippen molar-refractivity contribution in [3.63, 3.8) is 0 Å². The minimum Gasteiger partial charge on any atom is -0.508 e. The summed E-state index contributed by atoms with van der Waals surface area (Å²) < 4.78 is 2.06. The Labute approximate surface area is 333 Å². The fourth-order valence-electron chi connectivity index (χ4n) is 9.20. The molecule has 6 N–H and O–H groups in total. The number of phenols is 1. The van der Waals surface area contributed by atoms with Gasteiger partial charge in [-0.15, -0.1) is 0 Å². The van der Waals surface area contributed by atoms with Crippen molar-refractivity contribution in [2.45, 2.75) is 87.6 Å². The second-order valence-electron chi connectivity index (χ2n) is 16.0. The molecule has 0 radical (unpaired) electrons. The van der Waals surface area contributed by atoms with Crippen molar-refractivity contribution in [2.75, 3.05) is 0 Å². The molecule has 2 aliphatic carbocycles. The van der Waals surface area contributed by atoms with E-state index in [9.17, 15) is 20.1 Å². The van der Waals surface area contributed by atoms with Crippen LogP contribution in [-0.4, -0.2) is 70.9 Å². The summed E-state index contributed by atoms with van der Waals surface area (Å²) >= 11 is 0. The highest BCUT2D eigenvalue weighted by atomic mass is 16.3. The molecule has 2 fully saturated rings. The average Bonchev–Trinajstić information content (AvgIpc) is 3.85. The van der Waals surface area contributed by atoms with Crippen molar-refractivity contribution in [1.82, 2.24) is 19.4 Å². The van der Waals surface area contributed by atoms with E-state index in [1.807, 2.05) is 60.8 Å². The lowest BCUT2D eigenvalue weighted by atomic mass is 9.77. The van der Waals surface area contributed by atoms with Crippen molar-refractivity contribution in [1.29, 1.82) is 0 Å². The first kappa shape index (κ1) is 38.2. The summed E-state index contributed by atoms with van der Waals surface area (Å²) in [6.45, 7) is 0. The molecule has 6 aromatic rings. The largest absolute Gasteiger partial charge is 0.508 e. The number of amides is 2. The Kier molecular flexibility index (Phi) is 11.0. The van der Waals surface area contributed by atoms with Gasteiger partial charge in [-0.3, -0.25) is 9.59 Å². The number of nitrogens with zero attached hydrogens (tertiary/aromatic N) is 3. The molecule has 4 atom stereocenters. The molecule has 57 heavy (non-hydrogen) atoms. The standard InChI is InChI=1S/C47H51N5O5/c48-45(56)42(28-37-29-51(30-49-37)47(34-15-7-2-8-16-34,35-17-9-3-10-18-35)36-19-11-4-12-20-36)52(46(57)40-27-33-26-38(53)23-24-39(33)50-40)41(25-31-13-5-1-6-14-31)44(55)43(54)32-21-22-32/h2-4,7-12,15-20,23-24,26-27,29-32,41-44,50,53-55H,1,5-6,13-14,21-22,25,28H2,(H2,48,56)/t41-,42?,43-,44+/m0/s1. The monoisotopic (exact) mass is 765 g/mol. The Morgan fingerprint density at radius 1 is 0.825 bits per heavy atom. The highest BCUT2D eigenvalue weighted by Crippen LogP contribution is 2.42. The van der Waals surface area contributed by atoms with E-state index in [2.05, 4.69) is 45.9 Å². The van der Waals surface area contributed by atoms with E-state index in [1.54, 1.807) is 24.5 Å². The lowest BCUT2D eigenvalue weighted by Gasteiger charge is -2.42. The molecule has 2 aliphatic rings. The number of rotatable bonds is 15. The maximum atomic E-state index is 15.1. The van der Waals surface area contributed by atoms with Crippen LogP contribution in [0, 0.1) is 11.8 Å². The number of hydrogen-bond acceptors (Lipinski definition) is 6. The zero-order valence-corrected chi connectivity index (χ0v) is 32.0. The van der Waals surface area contributed by atoms with Gasteiger partial charge in [-0.05, 0) is 72.1 Å². The fraction of sp³-hybridized carbons (Fsp3) is 0.340. The third-order valence-electron chi connectivity index (χ3n) is 12.2. The third kappa shape index (κ3) is 7.72. The molecule has 0 aliphatic heterocycles. The molecule has 10 nitrogen and oxygen atoms in total. The minimum absolute atomic E-state index is 0.0308. The van der Waals surface area contributed by atoms with Gasteiger partial charge in [0.15, 0.2) is 0 Å². The molecule has 2 amide bonds. The first-order chi connectivity index (χ1) is 27.7. The van der Waals surface area contributed by atoms with Gasteiger partial charge < -0.3 is 35.5 Å². The molecule has 4 aromatic carbocycles. The van der Waals surface area contributed by atoms with Crippen molar-refractivity contribution in [2.24, 2.45) is 17.6 Å². The van der Waals surface area contributed by atoms with Crippen LogP contribution >= 0.6 is 0 Å². The van der Waals surface area contributed by atoms with Crippen LogP contribution in [0.1, 0.15) is 84.2 Å². The maximum Gasteiger partial charge on any atom is 0.271 e. The number of aliphatic hydroxyl groups excluding tert-OH is 2. The van der Waals surface area contributed by atoms with Crippen LogP contribution in [0.15, 0.2) is 128 Å². The molecule has 1 unspecified atom stereocenters. The van der Waals surface area contributed by atoms with Gasteiger partial charge in [0.05, 0.1) is 24.2 Å². The number of nitrogens with one attached hydrogen (secondary N) is 1. The average molecular weight is 766 g/mol. The Morgan fingerprint density at radius 2 is 1.42 bits per heavy atom. The van der Waals surface area contributed by atoms with Crippen LogP contribution in [0.4, 0.5) is 0 Å². The van der Waals surface area contributed by atoms with Gasteiger partial charge in [-0.25, -0.2) is 4.98 Å². The number of primary amides is 1. The number of fused-ring (bicyclic) bond motifs is 1. The number of hydrogen-bond donors (Lipinski definition) is 5. The summed E-state index contributed by atoms with van der Waals surface area (Å²) in [4.78, 5) is 38.5. The molecule has 8 rings (SSSR count). The predicted octanol–water partition coefficient (Wildman–Crippen LogP) is 6.92. The highest BCUT2D eigenvalue weighted by Gasteiger charge is 2.46. The molecular formula is C47H51N5O5. The van der Waals surface area contributed by atoms with Crippen LogP contribution in [0.5, 0.6) is 5.75 Å². The molecule has 0 spiro atoms. The van der Waals surface area contributed by atoms with Crippen molar-refractivity contribution in [3.05, 3.63) is 156 Å². The summed E-state index contributed by atoms with van der Waals surface area (Å²) in [5.74, 6) is -1.10. The maximum absolute atomic E-state index is 15.1. The zero-order chi connectivity index (χ0) is 39.5. The molecule has 10 heteroatoms. The summed E-state index contributed by atoms with van der Waals surface area (Å²) in [6, 6.07) is 34.9. The summed E-state index contributed by atoms with van der Waals surface area (Å²) in [6.07, 6.45) is 8.35. The normalized spacial score (nSPS) is 17.2. The van der Waals surface area contributed by atoms with Crippen LogP contribution in [-0.2, 0) is 16.8 Å². The SMILES string of the molecule is NC(=O)C(Cc1cn(C(c2ccccc2)(c2ccccc2)c2ccccc2)cn1)N(C(=O)c1cc2cc(O)ccc2[nH]1)[C@@H](CC1CCCCC1)[C@@H](O)[C@@H](O)C1CC1. The van der Waals surface area contributed by atoms with Crippen LogP contribution in [0.3, 0.4) is 0 Å². The number of carbonyl (C=O) groups excluding carboxylic acids is 2. The van der Waals surface area contributed by atoms with Gasteiger partial charge in [-0.2, -0.15) is 0 Å². The minimum atomic E-state index is -1.31. The van der Waals surface area contributed by atoms with Crippen molar-refractivity contribution in [3.8, 4) is 5.75 Å². The topological polar surface area (TPSA) is 158 Å². The molecular weight excluding hydrogens is 715 g/mol.